The van der Waals surface area contributed by atoms with Crippen LogP contribution in [0.25, 0.3) is 16.5 Å². The molecule has 4 nitrogen and oxygen atoms in total. The quantitative estimate of drug-likeness (QED) is 0.805. The second-order valence-electron chi connectivity index (χ2n) is 5.73. The number of esters is 1. The van der Waals surface area contributed by atoms with Crippen LogP contribution in [0.5, 0.6) is 0 Å². The fourth-order valence-electron chi connectivity index (χ4n) is 2.96. The first-order valence-electron chi connectivity index (χ1n) is 8.10. The van der Waals surface area contributed by atoms with E-state index in [-0.39, 0.29) is 17.8 Å². The van der Waals surface area contributed by atoms with Crippen LogP contribution in [0.1, 0.15) is 43.9 Å². The second kappa shape index (κ2) is 6.82. The molecule has 0 spiro atoms. The van der Waals surface area contributed by atoms with E-state index < -0.39 is 0 Å². The molecule has 0 N–H and O–H groups in total. The van der Waals surface area contributed by atoms with Crippen LogP contribution in [0, 0.1) is 0 Å². The van der Waals surface area contributed by atoms with Gasteiger partial charge in [-0.2, -0.15) is 0 Å². The number of carbonyl (C=O) groups excluding carboxylic acids is 1. The predicted octanol–water partition coefficient (Wildman–Crippen LogP) is 3.86. The first-order valence-corrected chi connectivity index (χ1v) is 8.10. The molecule has 120 valence electrons. The third-order valence-electron chi connectivity index (χ3n) is 4.08. The van der Waals surface area contributed by atoms with Crippen molar-refractivity contribution in [3.05, 3.63) is 51.9 Å². The summed E-state index contributed by atoms with van der Waals surface area (Å²) in [4.78, 5) is 24.2. The molecule has 1 aromatic carbocycles. The molecule has 1 aromatic heterocycles. The third-order valence-corrected chi connectivity index (χ3v) is 4.08. The summed E-state index contributed by atoms with van der Waals surface area (Å²) in [5.41, 5.74) is 2.20. The Hall–Kier alpha value is -2.36. The molecular formula is C19H20O4. The van der Waals surface area contributed by atoms with Gasteiger partial charge in [-0.15, -0.1) is 0 Å². The molecule has 1 heterocycles. The summed E-state index contributed by atoms with van der Waals surface area (Å²) < 4.78 is 11.0. The predicted molar refractivity (Wildman–Crippen MR) is 89.3 cm³/mol. The summed E-state index contributed by atoms with van der Waals surface area (Å²) in [7, 11) is 0. The van der Waals surface area contributed by atoms with Crippen LogP contribution >= 0.6 is 0 Å². The second-order valence-corrected chi connectivity index (χ2v) is 5.73. The summed E-state index contributed by atoms with van der Waals surface area (Å²) in [6.45, 7) is 2.11. The lowest BCUT2D eigenvalue weighted by Gasteiger charge is -2.13. The SMILES string of the molecule is CCOC(=O)Cc1cccc2c(=O)cc(C3=CCCCC3)oc12. The van der Waals surface area contributed by atoms with Gasteiger partial charge in [0.05, 0.1) is 18.4 Å². The van der Waals surface area contributed by atoms with E-state index in [1.165, 1.54) is 6.42 Å². The van der Waals surface area contributed by atoms with Crippen molar-refractivity contribution in [2.45, 2.75) is 39.0 Å². The van der Waals surface area contributed by atoms with Gasteiger partial charge >= 0.3 is 5.97 Å². The molecule has 4 heteroatoms. The molecule has 1 aliphatic carbocycles. The zero-order chi connectivity index (χ0) is 16.2. The van der Waals surface area contributed by atoms with Crippen LogP contribution in [0.2, 0.25) is 0 Å². The molecule has 0 radical (unpaired) electrons. The number of hydrogen-bond donors (Lipinski definition) is 0. The number of hydrogen-bond acceptors (Lipinski definition) is 4. The van der Waals surface area contributed by atoms with E-state index >= 15 is 0 Å². The highest BCUT2D eigenvalue weighted by molar-refractivity contribution is 5.85. The van der Waals surface area contributed by atoms with Crippen molar-refractivity contribution in [1.82, 2.24) is 0 Å². The zero-order valence-electron chi connectivity index (χ0n) is 13.3. The Labute approximate surface area is 134 Å². The minimum Gasteiger partial charge on any atom is -0.466 e. The highest BCUT2D eigenvalue weighted by Crippen LogP contribution is 2.28. The van der Waals surface area contributed by atoms with Crippen molar-refractivity contribution in [3.63, 3.8) is 0 Å². The number of carbonyl (C=O) groups is 1. The van der Waals surface area contributed by atoms with Crippen LogP contribution < -0.4 is 5.43 Å². The highest BCUT2D eigenvalue weighted by Gasteiger charge is 2.15. The molecule has 0 saturated carbocycles. The number of rotatable bonds is 4. The van der Waals surface area contributed by atoms with E-state index in [2.05, 4.69) is 6.08 Å². The molecule has 0 amide bonds. The van der Waals surface area contributed by atoms with Gasteiger partial charge in [0.25, 0.3) is 0 Å². The molecule has 0 unspecified atom stereocenters. The average Bonchev–Trinajstić information content (AvgIpc) is 2.56. The lowest BCUT2D eigenvalue weighted by Crippen LogP contribution is -2.09. The Morgan fingerprint density at radius 1 is 1.30 bits per heavy atom. The van der Waals surface area contributed by atoms with Crippen LogP contribution in [-0.4, -0.2) is 12.6 Å². The fraction of sp³-hybridized carbons (Fsp3) is 0.368. The van der Waals surface area contributed by atoms with Crippen molar-refractivity contribution in [3.8, 4) is 0 Å². The van der Waals surface area contributed by atoms with Crippen LogP contribution in [-0.2, 0) is 16.0 Å². The van der Waals surface area contributed by atoms with Crippen LogP contribution in [0.15, 0.2) is 39.6 Å². The molecule has 0 atom stereocenters. The zero-order valence-corrected chi connectivity index (χ0v) is 13.3. The smallest absolute Gasteiger partial charge is 0.310 e. The van der Waals surface area contributed by atoms with E-state index in [0.717, 1.165) is 24.8 Å². The number of para-hydroxylation sites is 1. The van der Waals surface area contributed by atoms with Crippen molar-refractivity contribution in [1.29, 1.82) is 0 Å². The molecule has 2 aromatic rings. The Balaban J connectivity index is 2.07. The standard InChI is InChI=1S/C19H20O4/c1-2-22-18(21)11-14-9-6-10-15-16(20)12-17(23-19(14)15)13-7-4-3-5-8-13/h6-7,9-10,12H,2-5,8,11H2,1H3. The molecular weight excluding hydrogens is 292 g/mol. The largest absolute Gasteiger partial charge is 0.466 e. The first-order chi connectivity index (χ1) is 11.2. The number of allylic oxidation sites excluding steroid dienone is 2. The summed E-state index contributed by atoms with van der Waals surface area (Å²) in [6, 6.07) is 6.87. The number of benzene rings is 1. The highest BCUT2D eigenvalue weighted by atomic mass is 16.5. The van der Waals surface area contributed by atoms with Gasteiger partial charge in [-0.3, -0.25) is 9.59 Å². The normalized spacial score (nSPS) is 14.6. The van der Waals surface area contributed by atoms with Gasteiger partial charge in [0, 0.05) is 11.6 Å². The molecule has 0 aliphatic heterocycles. The van der Waals surface area contributed by atoms with E-state index in [0.29, 0.717) is 28.9 Å². The lowest BCUT2D eigenvalue weighted by atomic mass is 9.97. The van der Waals surface area contributed by atoms with Crippen molar-refractivity contribution < 1.29 is 13.9 Å². The topological polar surface area (TPSA) is 56.5 Å². The maximum atomic E-state index is 12.4. The molecule has 0 bridgehead atoms. The van der Waals surface area contributed by atoms with E-state index in [4.69, 9.17) is 9.15 Å². The third kappa shape index (κ3) is 3.36. The summed E-state index contributed by atoms with van der Waals surface area (Å²) in [5, 5.41) is 0.506. The minimum absolute atomic E-state index is 0.0709. The molecule has 23 heavy (non-hydrogen) atoms. The van der Waals surface area contributed by atoms with Crippen molar-refractivity contribution in [2.24, 2.45) is 0 Å². The number of ether oxygens (including phenoxy) is 1. The van der Waals surface area contributed by atoms with Gasteiger partial charge in [0.15, 0.2) is 5.43 Å². The summed E-state index contributed by atoms with van der Waals surface area (Å²) in [6.07, 6.45) is 6.47. The monoisotopic (exact) mass is 312 g/mol. The van der Waals surface area contributed by atoms with Gasteiger partial charge < -0.3 is 9.15 Å². The Kier molecular flexibility index (Phi) is 4.60. The van der Waals surface area contributed by atoms with Gasteiger partial charge in [0.2, 0.25) is 0 Å². The Morgan fingerprint density at radius 3 is 2.91 bits per heavy atom. The average molecular weight is 312 g/mol. The lowest BCUT2D eigenvalue weighted by molar-refractivity contribution is -0.142. The Bertz CT molecular complexity index is 814. The minimum atomic E-state index is -0.315. The van der Waals surface area contributed by atoms with Crippen molar-refractivity contribution >= 4 is 22.5 Å². The van der Waals surface area contributed by atoms with E-state index in [1.54, 1.807) is 31.2 Å². The molecule has 0 saturated heterocycles. The maximum Gasteiger partial charge on any atom is 0.310 e. The van der Waals surface area contributed by atoms with Crippen molar-refractivity contribution in [2.75, 3.05) is 6.61 Å². The van der Waals surface area contributed by atoms with Crippen LogP contribution in [0.3, 0.4) is 0 Å². The fourth-order valence-corrected chi connectivity index (χ4v) is 2.96. The molecule has 1 aliphatic rings. The summed E-state index contributed by atoms with van der Waals surface area (Å²) >= 11 is 0. The molecule has 0 fully saturated rings. The number of fused-ring (bicyclic) bond motifs is 1. The maximum absolute atomic E-state index is 12.4. The van der Waals surface area contributed by atoms with E-state index in [1.807, 2.05) is 0 Å². The Morgan fingerprint density at radius 2 is 2.17 bits per heavy atom. The summed E-state index contributed by atoms with van der Waals surface area (Å²) in [5.74, 6) is 0.309. The van der Waals surface area contributed by atoms with Gasteiger partial charge in [-0.05, 0) is 44.2 Å². The van der Waals surface area contributed by atoms with Crippen LogP contribution in [0.4, 0.5) is 0 Å². The molecule has 3 rings (SSSR count). The first kappa shape index (κ1) is 15.5. The van der Waals surface area contributed by atoms with E-state index in [9.17, 15) is 9.59 Å². The van der Waals surface area contributed by atoms with Gasteiger partial charge in [-0.1, -0.05) is 18.2 Å². The van der Waals surface area contributed by atoms with Gasteiger partial charge in [-0.25, -0.2) is 0 Å². The van der Waals surface area contributed by atoms with Gasteiger partial charge in [0.1, 0.15) is 11.3 Å².